The summed E-state index contributed by atoms with van der Waals surface area (Å²) >= 11 is 0. The van der Waals surface area contributed by atoms with E-state index in [0.29, 0.717) is 0 Å². The topological polar surface area (TPSA) is 101 Å². The highest BCUT2D eigenvalue weighted by atomic mass is 32.2. The van der Waals surface area contributed by atoms with Gasteiger partial charge in [0, 0.05) is 12.5 Å². The fourth-order valence-electron chi connectivity index (χ4n) is 1.54. The van der Waals surface area contributed by atoms with Gasteiger partial charge in [-0.1, -0.05) is 0 Å². The van der Waals surface area contributed by atoms with E-state index in [-0.39, 0.29) is 24.1 Å². The van der Waals surface area contributed by atoms with Gasteiger partial charge in [0.2, 0.25) is 15.9 Å². The van der Waals surface area contributed by atoms with E-state index in [1.54, 1.807) is 0 Å². The van der Waals surface area contributed by atoms with Gasteiger partial charge in [0.15, 0.2) is 0 Å². The molecule has 0 radical (unpaired) electrons. The van der Waals surface area contributed by atoms with Crippen molar-refractivity contribution >= 4 is 15.9 Å². The average Bonchev–Trinajstić information content (AvgIpc) is 2.17. The molecule has 1 heterocycles. The third kappa shape index (κ3) is 5.10. The molecule has 1 aliphatic heterocycles. The van der Waals surface area contributed by atoms with Crippen LogP contribution in [0.5, 0.6) is 0 Å². The largest absolute Gasteiger partial charge is 0.355 e. The van der Waals surface area contributed by atoms with Crippen LogP contribution in [0, 0.1) is 5.92 Å². The summed E-state index contributed by atoms with van der Waals surface area (Å²) in [7, 11) is -3.48. The molecule has 0 aromatic heterocycles. The van der Waals surface area contributed by atoms with Gasteiger partial charge in [-0.15, -0.1) is 0 Å². The van der Waals surface area contributed by atoms with Gasteiger partial charge < -0.3 is 10.6 Å². The molecule has 1 amide bonds. The maximum atomic E-state index is 11.5. The summed E-state index contributed by atoms with van der Waals surface area (Å²) < 4.78 is 21.2. The smallest absolute Gasteiger partial charge is 0.223 e. The molecule has 4 N–H and O–H groups in total. The van der Waals surface area contributed by atoms with Gasteiger partial charge in [-0.3, -0.25) is 4.79 Å². The standard InChI is InChI=1S/C8H17N3O3S/c9-15(13,14)6-5-11-8(12)7-1-3-10-4-2-7/h7,10H,1-6H2,(H,11,12)(H2,9,13,14). The van der Waals surface area contributed by atoms with E-state index in [0.717, 1.165) is 25.9 Å². The summed E-state index contributed by atoms with van der Waals surface area (Å²) in [5.41, 5.74) is 0. The summed E-state index contributed by atoms with van der Waals surface area (Å²) in [6.07, 6.45) is 1.61. The van der Waals surface area contributed by atoms with Crippen LogP contribution in [0.25, 0.3) is 0 Å². The SMILES string of the molecule is NS(=O)(=O)CCNC(=O)C1CCNCC1. The van der Waals surface area contributed by atoms with E-state index in [4.69, 9.17) is 5.14 Å². The second kappa shape index (κ2) is 5.43. The number of hydrogen-bond acceptors (Lipinski definition) is 4. The molecule has 0 saturated carbocycles. The molecule has 88 valence electrons. The Balaban J connectivity index is 2.23. The molecular formula is C8H17N3O3S. The normalized spacial score (nSPS) is 18.7. The lowest BCUT2D eigenvalue weighted by Gasteiger charge is -2.21. The lowest BCUT2D eigenvalue weighted by Crippen LogP contribution is -2.40. The van der Waals surface area contributed by atoms with E-state index in [2.05, 4.69) is 10.6 Å². The van der Waals surface area contributed by atoms with Crippen LogP contribution in [0.4, 0.5) is 0 Å². The zero-order chi connectivity index (χ0) is 11.3. The Hall–Kier alpha value is -0.660. The molecule has 15 heavy (non-hydrogen) atoms. The summed E-state index contributed by atoms with van der Waals surface area (Å²) in [6.45, 7) is 1.78. The molecule has 6 nitrogen and oxygen atoms in total. The minimum Gasteiger partial charge on any atom is -0.355 e. The zero-order valence-electron chi connectivity index (χ0n) is 8.53. The van der Waals surface area contributed by atoms with Crippen LogP contribution in [-0.4, -0.2) is 39.7 Å². The Morgan fingerprint density at radius 3 is 2.53 bits per heavy atom. The van der Waals surface area contributed by atoms with Crippen LogP contribution >= 0.6 is 0 Å². The van der Waals surface area contributed by atoms with Crippen LogP contribution in [0.15, 0.2) is 0 Å². The molecule has 0 aromatic carbocycles. The number of amides is 1. The maximum absolute atomic E-state index is 11.5. The molecule has 0 unspecified atom stereocenters. The van der Waals surface area contributed by atoms with Gasteiger partial charge in [-0.05, 0) is 25.9 Å². The van der Waals surface area contributed by atoms with Crippen LogP contribution < -0.4 is 15.8 Å². The second-order valence-corrected chi connectivity index (χ2v) is 5.42. The first-order valence-electron chi connectivity index (χ1n) is 4.98. The minimum atomic E-state index is -3.48. The Bertz CT molecular complexity index is 309. The van der Waals surface area contributed by atoms with E-state index in [1.165, 1.54) is 0 Å². The van der Waals surface area contributed by atoms with Crippen molar-refractivity contribution in [1.29, 1.82) is 0 Å². The van der Waals surface area contributed by atoms with E-state index < -0.39 is 10.0 Å². The van der Waals surface area contributed by atoms with E-state index in [9.17, 15) is 13.2 Å². The van der Waals surface area contributed by atoms with Crippen LogP contribution in [0.2, 0.25) is 0 Å². The Morgan fingerprint density at radius 2 is 2.00 bits per heavy atom. The third-order valence-corrected chi connectivity index (χ3v) is 3.17. The molecule has 1 saturated heterocycles. The quantitative estimate of drug-likeness (QED) is 0.545. The molecule has 0 spiro atoms. The number of carbonyl (C=O) groups is 1. The molecule has 0 atom stereocenters. The van der Waals surface area contributed by atoms with Crippen LogP contribution in [0.1, 0.15) is 12.8 Å². The number of sulfonamides is 1. The number of primary sulfonamides is 1. The Kier molecular flexibility index (Phi) is 4.49. The molecule has 1 aliphatic rings. The van der Waals surface area contributed by atoms with Crippen molar-refractivity contribution in [3.63, 3.8) is 0 Å². The fourth-order valence-corrected chi connectivity index (χ4v) is 1.93. The predicted molar refractivity (Wildman–Crippen MR) is 56.6 cm³/mol. The van der Waals surface area contributed by atoms with Gasteiger partial charge in [-0.2, -0.15) is 0 Å². The molecule has 0 aliphatic carbocycles. The van der Waals surface area contributed by atoms with Crippen molar-refractivity contribution in [1.82, 2.24) is 10.6 Å². The third-order valence-electron chi connectivity index (χ3n) is 2.40. The molecule has 7 heteroatoms. The van der Waals surface area contributed by atoms with Gasteiger partial charge >= 0.3 is 0 Å². The van der Waals surface area contributed by atoms with Crippen LogP contribution in [0.3, 0.4) is 0 Å². The number of nitrogens with two attached hydrogens (primary N) is 1. The van der Waals surface area contributed by atoms with Crippen molar-refractivity contribution in [2.24, 2.45) is 11.1 Å². The fraction of sp³-hybridized carbons (Fsp3) is 0.875. The van der Waals surface area contributed by atoms with E-state index in [1.807, 2.05) is 0 Å². The zero-order valence-corrected chi connectivity index (χ0v) is 9.35. The Morgan fingerprint density at radius 1 is 1.40 bits per heavy atom. The number of carbonyl (C=O) groups excluding carboxylic acids is 1. The van der Waals surface area contributed by atoms with Gasteiger partial charge in [-0.25, -0.2) is 13.6 Å². The van der Waals surface area contributed by atoms with Crippen molar-refractivity contribution in [3.05, 3.63) is 0 Å². The average molecular weight is 235 g/mol. The Labute approximate surface area is 89.6 Å². The molecular weight excluding hydrogens is 218 g/mol. The minimum absolute atomic E-state index is 0.00623. The first kappa shape index (κ1) is 12.4. The summed E-state index contributed by atoms with van der Waals surface area (Å²) in [4.78, 5) is 11.5. The first-order chi connectivity index (χ1) is 6.99. The van der Waals surface area contributed by atoms with Crippen molar-refractivity contribution < 1.29 is 13.2 Å². The van der Waals surface area contributed by atoms with E-state index >= 15 is 0 Å². The number of hydrogen-bond donors (Lipinski definition) is 3. The summed E-state index contributed by atoms with van der Waals surface area (Å²) in [6, 6.07) is 0. The van der Waals surface area contributed by atoms with Crippen molar-refractivity contribution in [2.45, 2.75) is 12.8 Å². The maximum Gasteiger partial charge on any atom is 0.223 e. The molecule has 1 fully saturated rings. The van der Waals surface area contributed by atoms with Crippen LogP contribution in [-0.2, 0) is 14.8 Å². The monoisotopic (exact) mass is 235 g/mol. The van der Waals surface area contributed by atoms with Crippen molar-refractivity contribution in [2.75, 3.05) is 25.4 Å². The second-order valence-electron chi connectivity index (χ2n) is 3.68. The summed E-state index contributed by atoms with van der Waals surface area (Å²) in [5, 5.41) is 10.5. The first-order valence-corrected chi connectivity index (χ1v) is 6.69. The highest BCUT2D eigenvalue weighted by molar-refractivity contribution is 7.89. The lowest BCUT2D eigenvalue weighted by molar-refractivity contribution is -0.125. The lowest BCUT2D eigenvalue weighted by atomic mass is 9.97. The van der Waals surface area contributed by atoms with Gasteiger partial charge in [0.25, 0.3) is 0 Å². The predicted octanol–water partition coefficient (Wildman–Crippen LogP) is -1.61. The molecule has 0 bridgehead atoms. The summed E-state index contributed by atoms with van der Waals surface area (Å²) in [5.74, 6) is -0.268. The molecule has 1 rings (SSSR count). The van der Waals surface area contributed by atoms with Gasteiger partial charge in [0.05, 0.1) is 5.75 Å². The highest BCUT2D eigenvalue weighted by Crippen LogP contribution is 2.10. The highest BCUT2D eigenvalue weighted by Gasteiger charge is 2.20. The number of piperidine rings is 1. The number of nitrogens with one attached hydrogen (secondary N) is 2. The number of rotatable bonds is 4. The molecule has 0 aromatic rings. The van der Waals surface area contributed by atoms with Crippen molar-refractivity contribution in [3.8, 4) is 0 Å². The van der Waals surface area contributed by atoms with Gasteiger partial charge in [0.1, 0.15) is 0 Å².